The molecule has 0 spiro atoms. The first kappa shape index (κ1) is 23.3. The van der Waals surface area contributed by atoms with Crippen molar-refractivity contribution in [3.8, 4) is 5.75 Å². The van der Waals surface area contributed by atoms with Gasteiger partial charge >= 0.3 is 5.56 Å². The van der Waals surface area contributed by atoms with Crippen LogP contribution in [-0.2, 0) is 17.9 Å². The lowest BCUT2D eigenvalue weighted by Crippen LogP contribution is -2.19. The maximum absolute atomic E-state index is 14.7. The third-order valence-electron chi connectivity index (χ3n) is 5.09. The van der Waals surface area contributed by atoms with E-state index in [1.54, 1.807) is 42.0 Å². The van der Waals surface area contributed by atoms with E-state index in [1.807, 2.05) is 36.4 Å². The number of nitrogens with zero attached hydrogens (tertiary/aromatic N) is 2. The lowest BCUT2D eigenvalue weighted by atomic mass is 10.2. The van der Waals surface area contributed by atoms with Gasteiger partial charge in [0.2, 0.25) is 16.6 Å². The van der Waals surface area contributed by atoms with Crippen molar-refractivity contribution in [2.24, 2.45) is 0 Å². The van der Waals surface area contributed by atoms with Crippen LogP contribution in [0.4, 0.5) is 21.7 Å². The van der Waals surface area contributed by atoms with Gasteiger partial charge in [0, 0.05) is 11.8 Å². The van der Waals surface area contributed by atoms with Crippen LogP contribution < -0.4 is 20.3 Å². The molecule has 0 saturated heterocycles. The second-order valence-electron chi connectivity index (χ2n) is 7.51. The normalized spacial score (nSPS) is 11.6. The van der Waals surface area contributed by atoms with Crippen molar-refractivity contribution in [3.05, 3.63) is 106 Å². The van der Waals surface area contributed by atoms with Crippen LogP contribution in [0.1, 0.15) is 11.1 Å². The fourth-order valence-electron chi connectivity index (χ4n) is 3.33. The van der Waals surface area contributed by atoms with Crippen molar-refractivity contribution in [2.45, 2.75) is 18.4 Å². The minimum absolute atomic E-state index is 0.0255. The molecule has 1 heterocycles. The maximum Gasteiger partial charge on any atom is 0.316 e. The van der Waals surface area contributed by atoms with E-state index in [4.69, 9.17) is 4.74 Å². The van der Waals surface area contributed by atoms with E-state index in [2.05, 4.69) is 15.0 Å². The van der Waals surface area contributed by atoms with Gasteiger partial charge in [-0.2, -0.15) is 4.98 Å². The summed E-state index contributed by atoms with van der Waals surface area (Å²) in [7, 11) is 1.41. The minimum atomic E-state index is -1.84. The van der Waals surface area contributed by atoms with Crippen molar-refractivity contribution < 1.29 is 13.7 Å². The summed E-state index contributed by atoms with van der Waals surface area (Å²) in [4.78, 5) is 16.5. The molecular formula is C25H23FN4O3S. The summed E-state index contributed by atoms with van der Waals surface area (Å²) in [6, 6.07) is 21.3. The average molecular weight is 479 g/mol. The lowest BCUT2D eigenvalue weighted by Gasteiger charge is -2.18. The SMILES string of the molecule is COc1cn(Cc2ccccc2)c(Nc2cc([S+]([O-])Nc3ccccc3)c(F)cc2C)nc1=O. The number of anilines is 3. The van der Waals surface area contributed by atoms with Gasteiger partial charge in [-0.3, -0.25) is 4.79 Å². The third kappa shape index (κ3) is 5.38. The highest BCUT2D eigenvalue weighted by atomic mass is 32.2. The van der Waals surface area contributed by atoms with E-state index in [1.165, 1.54) is 19.2 Å². The van der Waals surface area contributed by atoms with Crippen molar-refractivity contribution in [1.29, 1.82) is 0 Å². The molecule has 0 saturated carbocycles. The zero-order valence-electron chi connectivity index (χ0n) is 18.6. The van der Waals surface area contributed by atoms with Gasteiger partial charge in [0.25, 0.3) is 0 Å². The molecule has 34 heavy (non-hydrogen) atoms. The first-order chi connectivity index (χ1) is 16.4. The van der Waals surface area contributed by atoms with Crippen molar-refractivity contribution in [3.63, 3.8) is 0 Å². The molecule has 0 fully saturated rings. The first-order valence-corrected chi connectivity index (χ1v) is 11.6. The second-order valence-corrected chi connectivity index (χ2v) is 8.69. The number of halogens is 1. The molecule has 2 N–H and O–H groups in total. The number of rotatable bonds is 8. The molecular weight excluding hydrogens is 455 g/mol. The highest BCUT2D eigenvalue weighted by Gasteiger charge is 2.21. The lowest BCUT2D eigenvalue weighted by molar-refractivity contribution is 0.402. The van der Waals surface area contributed by atoms with Crippen molar-refractivity contribution in [2.75, 3.05) is 17.1 Å². The largest absolute Gasteiger partial charge is 0.588 e. The molecule has 1 aromatic heterocycles. The van der Waals surface area contributed by atoms with Crippen LogP contribution in [0, 0.1) is 12.7 Å². The Morgan fingerprint density at radius 1 is 1.09 bits per heavy atom. The summed E-state index contributed by atoms with van der Waals surface area (Å²) in [5, 5.41) is 3.11. The van der Waals surface area contributed by atoms with Crippen LogP contribution in [0.15, 0.2) is 88.7 Å². The number of para-hydroxylation sites is 1. The Labute approximate surface area is 199 Å². The number of nitrogens with one attached hydrogen (secondary N) is 2. The Hall–Kier alpha value is -3.82. The van der Waals surface area contributed by atoms with Gasteiger partial charge < -0.3 is 19.2 Å². The summed E-state index contributed by atoms with van der Waals surface area (Å²) >= 11 is -1.84. The van der Waals surface area contributed by atoms with E-state index in [0.29, 0.717) is 23.5 Å². The van der Waals surface area contributed by atoms with Crippen LogP contribution in [0.3, 0.4) is 0 Å². The van der Waals surface area contributed by atoms with Crippen molar-refractivity contribution >= 4 is 28.7 Å². The van der Waals surface area contributed by atoms with Gasteiger partial charge in [-0.15, -0.1) is 0 Å². The quantitative estimate of drug-likeness (QED) is 0.359. The summed E-state index contributed by atoms with van der Waals surface area (Å²) < 4.78 is 37.2. The average Bonchev–Trinajstić information content (AvgIpc) is 2.83. The number of hydrogen-bond acceptors (Lipinski definition) is 6. The Kier molecular flexibility index (Phi) is 7.15. The van der Waals surface area contributed by atoms with Gasteiger partial charge in [-0.05, 0) is 36.2 Å². The van der Waals surface area contributed by atoms with E-state index in [0.717, 1.165) is 5.56 Å². The molecule has 0 aliphatic heterocycles. The minimum Gasteiger partial charge on any atom is -0.588 e. The maximum atomic E-state index is 14.7. The molecule has 0 radical (unpaired) electrons. The van der Waals surface area contributed by atoms with Crippen LogP contribution in [0.5, 0.6) is 5.75 Å². The summed E-state index contributed by atoms with van der Waals surface area (Å²) in [5.41, 5.74) is 2.09. The van der Waals surface area contributed by atoms with Crippen LogP contribution >= 0.6 is 0 Å². The highest BCUT2D eigenvalue weighted by Crippen LogP contribution is 2.28. The molecule has 4 rings (SSSR count). The highest BCUT2D eigenvalue weighted by molar-refractivity contribution is 7.92. The molecule has 7 nitrogen and oxygen atoms in total. The smallest absolute Gasteiger partial charge is 0.316 e. The fraction of sp³-hybridized carbons (Fsp3) is 0.120. The van der Waals surface area contributed by atoms with Gasteiger partial charge in [0.1, 0.15) is 11.4 Å². The Morgan fingerprint density at radius 2 is 1.76 bits per heavy atom. The van der Waals surface area contributed by atoms with Crippen LogP contribution in [0.2, 0.25) is 0 Å². The topological polar surface area (TPSA) is 91.2 Å². The molecule has 0 bridgehead atoms. The molecule has 1 unspecified atom stereocenters. The van der Waals surface area contributed by atoms with E-state index in [-0.39, 0.29) is 16.6 Å². The Balaban J connectivity index is 1.68. The standard InChI is InChI=1S/C25H23FN4O3S/c1-17-13-20(26)23(34(32)29-19-11-7-4-8-12-19)14-21(17)27-25-28-24(31)22(33-2)16-30(25)15-18-9-5-3-6-10-18/h3-14,16,29H,15H2,1-2H3,(H,27,28,31). The molecule has 0 amide bonds. The predicted octanol–water partition coefficient (Wildman–Crippen LogP) is 4.63. The summed E-state index contributed by atoms with van der Waals surface area (Å²) in [5.74, 6) is -0.252. The molecule has 3 aromatic carbocycles. The first-order valence-electron chi connectivity index (χ1n) is 10.4. The number of aryl methyl sites for hydroxylation is 1. The molecule has 4 aromatic rings. The monoisotopic (exact) mass is 478 g/mol. The third-order valence-corrected chi connectivity index (χ3v) is 6.22. The van der Waals surface area contributed by atoms with E-state index in [9.17, 15) is 13.7 Å². The van der Waals surface area contributed by atoms with Gasteiger partial charge in [0.15, 0.2) is 5.82 Å². The van der Waals surface area contributed by atoms with Crippen LogP contribution in [0.25, 0.3) is 0 Å². The number of ether oxygens (including phenoxy) is 1. The zero-order chi connectivity index (χ0) is 24.1. The molecule has 9 heteroatoms. The van der Waals surface area contributed by atoms with E-state index >= 15 is 0 Å². The fourth-order valence-corrected chi connectivity index (χ4v) is 4.25. The molecule has 0 aliphatic carbocycles. The number of aromatic nitrogens is 2. The predicted molar refractivity (Wildman–Crippen MR) is 131 cm³/mol. The number of hydrogen-bond donors (Lipinski definition) is 2. The van der Waals surface area contributed by atoms with Crippen molar-refractivity contribution in [1.82, 2.24) is 9.55 Å². The summed E-state index contributed by atoms with van der Waals surface area (Å²) in [6.07, 6.45) is 1.57. The van der Waals surface area contributed by atoms with E-state index < -0.39 is 22.7 Å². The van der Waals surface area contributed by atoms with Gasteiger partial charge in [0.05, 0.1) is 25.5 Å². The number of methoxy groups -OCH3 is 1. The van der Waals surface area contributed by atoms with Crippen LogP contribution in [-0.4, -0.2) is 21.2 Å². The molecule has 0 aliphatic rings. The van der Waals surface area contributed by atoms with Gasteiger partial charge in [-0.25, -0.2) is 9.11 Å². The zero-order valence-corrected chi connectivity index (χ0v) is 19.4. The Bertz CT molecular complexity index is 1330. The second kappa shape index (κ2) is 10.4. The molecule has 174 valence electrons. The molecule has 1 atom stereocenters. The number of benzene rings is 3. The summed E-state index contributed by atoms with van der Waals surface area (Å²) in [6.45, 7) is 2.13. The Morgan fingerprint density at radius 3 is 2.44 bits per heavy atom. The van der Waals surface area contributed by atoms with Gasteiger partial charge in [-0.1, -0.05) is 48.5 Å².